The Labute approximate surface area is 243 Å². The lowest BCUT2D eigenvalue weighted by Crippen LogP contribution is -2.41. The minimum atomic E-state index is -0.243. The molecule has 1 aliphatic carbocycles. The first-order valence-electron chi connectivity index (χ1n) is 13.9. The van der Waals surface area contributed by atoms with Crippen LogP contribution in [0.5, 0.6) is 0 Å². The molecule has 0 amide bonds. The van der Waals surface area contributed by atoms with Crippen molar-refractivity contribution >= 4 is 28.5 Å². The number of hydrogen-bond donors (Lipinski definition) is 4. The van der Waals surface area contributed by atoms with Crippen LogP contribution in [0.15, 0.2) is 73.0 Å². The molecule has 1 saturated carbocycles. The molecule has 41 heavy (non-hydrogen) atoms. The molecule has 9 nitrogen and oxygen atoms in total. The highest BCUT2D eigenvalue weighted by molar-refractivity contribution is 6.33. The number of imidazole rings is 1. The van der Waals surface area contributed by atoms with E-state index < -0.39 is 0 Å². The second-order valence-corrected chi connectivity index (χ2v) is 11.0. The third-order valence-corrected chi connectivity index (χ3v) is 7.93. The van der Waals surface area contributed by atoms with Gasteiger partial charge in [-0.05, 0) is 67.1 Å². The van der Waals surface area contributed by atoms with Crippen LogP contribution >= 0.6 is 11.6 Å². The first-order valence-corrected chi connectivity index (χ1v) is 14.2. The molecule has 0 unspecified atom stereocenters. The Balaban J connectivity index is 1.09. The number of fused-ring (bicyclic) bond motifs is 1. The van der Waals surface area contributed by atoms with E-state index in [9.17, 15) is 4.39 Å². The predicted octanol–water partition coefficient (Wildman–Crippen LogP) is 5.02. The van der Waals surface area contributed by atoms with Crippen molar-refractivity contribution < 1.29 is 9.13 Å². The van der Waals surface area contributed by atoms with Crippen molar-refractivity contribution in [3.8, 4) is 11.1 Å². The van der Waals surface area contributed by atoms with Crippen molar-refractivity contribution in [3.63, 3.8) is 0 Å². The van der Waals surface area contributed by atoms with Crippen molar-refractivity contribution in [1.29, 1.82) is 0 Å². The molecule has 0 spiro atoms. The highest BCUT2D eigenvalue weighted by Crippen LogP contribution is 2.32. The summed E-state index contributed by atoms with van der Waals surface area (Å²) < 4.78 is 20.9. The van der Waals surface area contributed by atoms with E-state index in [1.165, 1.54) is 6.07 Å². The minimum absolute atomic E-state index is 0.243. The molecule has 1 aliphatic heterocycles. The summed E-state index contributed by atoms with van der Waals surface area (Å²) in [4.78, 5) is 9.10. The number of pyridine rings is 1. The Morgan fingerprint density at radius 1 is 1.07 bits per heavy atom. The molecule has 2 aromatic carbocycles. The van der Waals surface area contributed by atoms with Crippen LogP contribution in [0.25, 0.3) is 22.2 Å². The average molecular weight is 577 g/mol. The fourth-order valence-electron chi connectivity index (χ4n) is 5.52. The van der Waals surface area contributed by atoms with Crippen molar-refractivity contribution in [1.82, 2.24) is 35.8 Å². The molecule has 214 valence electrons. The SMILES string of the molecule is COCN1C=C(CNC2CCC(Nc3cc(-c4ccc5ncn(Cc6cccc(F)c6)c5c4)c(Cl)cn3)CC2)NN1. The molecule has 6 rings (SSSR count). The Bertz CT molecular complexity index is 1530. The van der Waals surface area contributed by atoms with E-state index in [2.05, 4.69) is 37.6 Å². The van der Waals surface area contributed by atoms with Crippen LogP contribution in [0.4, 0.5) is 10.2 Å². The standard InChI is InChI=1S/C30H34ClFN8O/c1-41-19-40-17-25(37-38-40)14-33-23-6-8-24(9-7-23)36-30-13-26(27(31)15-34-30)21-5-10-28-29(12-21)39(18-35-28)16-20-3-2-4-22(32)11-20/h2-5,10-13,15,17-18,23-24,33,37-38H,6-9,14,16,19H2,1H3,(H,34,36). The second kappa shape index (κ2) is 12.4. The van der Waals surface area contributed by atoms with Crippen LogP contribution < -0.4 is 21.6 Å². The molecule has 1 fully saturated rings. The quantitative estimate of drug-likeness (QED) is 0.209. The van der Waals surface area contributed by atoms with Crippen molar-refractivity contribution in [2.45, 2.75) is 44.3 Å². The maximum Gasteiger partial charge on any atom is 0.134 e. The average Bonchev–Trinajstić information content (AvgIpc) is 3.60. The maximum atomic E-state index is 13.7. The fourth-order valence-corrected chi connectivity index (χ4v) is 5.73. The van der Waals surface area contributed by atoms with Gasteiger partial charge in [0.1, 0.15) is 18.4 Å². The normalized spacial score (nSPS) is 18.9. The minimum Gasteiger partial charge on any atom is -0.367 e. The maximum absolute atomic E-state index is 13.7. The van der Waals surface area contributed by atoms with Gasteiger partial charge in [0.25, 0.3) is 0 Å². The molecule has 0 bridgehead atoms. The van der Waals surface area contributed by atoms with Crippen molar-refractivity contribution in [2.24, 2.45) is 0 Å². The van der Waals surface area contributed by atoms with Gasteiger partial charge in [0, 0.05) is 50.2 Å². The van der Waals surface area contributed by atoms with Crippen molar-refractivity contribution in [2.75, 3.05) is 25.7 Å². The van der Waals surface area contributed by atoms with E-state index in [0.29, 0.717) is 30.4 Å². The Kier molecular flexibility index (Phi) is 8.33. The number of anilines is 1. The molecule has 11 heteroatoms. The Morgan fingerprint density at radius 2 is 1.93 bits per heavy atom. The first kappa shape index (κ1) is 27.5. The summed E-state index contributed by atoms with van der Waals surface area (Å²) in [7, 11) is 1.67. The van der Waals surface area contributed by atoms with Gasteiger partial charge in [0.05, 0.1) is 28.1 Å². The number of nitrogens with zero attached hydrogens (tertiary/aromatic N) is 4. The van der Waals surface area contributed by atoms with Crippen LogP contribution in [-0.4, -0.2) is 52.0 Å². The lowest BCUT2D eigenvalue weighted by molar-refractivity contribution is 0.0646. The van der Waals surface area contributed by atoms with E-state index in [0.717, 1.165) is 71.5 Å². The number of methoxy groups -OCH3 is 1. The number of benzene rings is 2. The lowest BCUT2D eigenvalue weighted by Gasteiger charge is -2.30. The second-order valence-electron chi connectivity index (χ2n) is 10.6. The van der Waals surface area contributed by atoms with Gasteiger partial charge >= 0.3 is 0 Å². The van der Waals surface area contributed by atoms with Gasteiger partial charge in [-0.2, -0.15) is 0 Å². The zero-order chi connectivity index (χ0) is 28.2. The smallest absolute Gasteiger partial charge is 0.134 e. The highest BCUT2D eigenvalue weighted by atomic mass is 35.5. The predicted molar refractivity (Wildman–Crippen MR) is 159 cm³/mol. The first-order chi connectivity index (χ1) is 20.0. The van der Waals surface area contributed by atoms with Gasteiger partial charge in [-0.15, -0.1) is 5.53 Å². The van der Waals surface area contributed by atoms with E-state index in [-0.39, 0.29) is 5.82 Å². The molecule has 0 saturated heterocycles. The zero-order valence-electron chi connectivity index (χ0n) is 22.9. The monoisotopic (exact) mass is 576 g/mol. The zero-order valence-corrected chi connectivity index (χ0v) is 23.7. The number of ether oxygens (including phenoxy) is 1. The number of nitrogens with one attached hydrogen (secondary N) is 4. The molecule has 4 N–H and O–H groups in total. The lowest BCUT2D eigenvalue weighted by atomic mass is 9.91. The number of hydrogen-bond acceptors (Lipinski definition) is 8. The summed E-state index contributed by atoms with van der Waals surface area (Å²) in [6.45, 7) is 1.80. The summed E-state index contributed by atoms with van der Waals surface area (Å²) >= 11 is 6.63. The van der Waals surface area contributed by atoms with E-state index in [1.54, 1.807) is 31.8 Å². The number of rotatable bonds is 10. The van der Waals surface area contributed by atoms with Crippen LogP contribution in [-0.2, 0) is 11.3 Å². The number of halogens is 2. The third kappa shape index (κ3) is 6.62. The summed E-state index contributed by atoms with van der Waals surface area (Å²) in [5, 5.41) is 9.75. The fraction of sp³-hybridized carbons (Fsp3) is 0.333. The molecule has 0 atom stereocenters. The van der Waals surface area contributed by atoms with E-state index >= 15 is 0 Å². The van der Waals surface area contributed by atoms with E-state index in [1.807, 2.05) is 40.0 Å². The van der Waals surface area contributed by atoms with Gasteiger partial charge < -0.3 is 25.4 Å². The van der Waals surface area contributed by atoms with Gasteiger partial charge in [0.2, 0.25) is 0 Å². The van der Waals surface area contributed by atoms with Crippen molar-refractivity contribution in [3.05, 3.63) is 89.4 Å². The van der Waals surface area contributed by atoms with Gasteiger partial charge in [-0.3, -0.25) is 5.01 Å². The van der Waals surface area contributed by atoms with Gasteiger partial charge in [0.15, 0.2) is 0 Å². The van der Waals surface area contributed by atoms with E-state index in [4.69, 9.17) is 16.3 Å². The molecule has 2 aliphatic rings. The topological polar surface area (TPSA) is 91.3 Å². The summed E-state index contributed by atoms with van der Waals surface area (Å²) in [6, 6.07) is 15.6. The van der Waals surface area contributed by atoms with Crippen LogP contribution in [0, 0.1) is 5.82 Å². The summed E-state index contributed by atoms with van der Waals surface area (Å²) in [6.07, 6.45) is 9.82. The number of hydrazine groups is 2. The molecule has 0 radical (unpaired) electrons. The Morgan fingerprint density at radius 3 is 2.76 bits per heavy atom. The summed E-state index contributed by atoms with van der Waals surface area (Å²) in [5.41, 5.74) is 11.9. The Hall–Kier alpha value is -3.70. The van der Waals surface area contributed by atoms with Crippen LogP contribution in [0.3, 0.4) is 0 Å². The molecule has 2 aromatic heterocycles. The molecule has 4 aromatic rings. The van der Waals surface area contributed by atoms with Gasteiger partial charge in [-0.25, -0.2) is 14.4 Å². The summed E-state index contributed by atoms with van der Waals surface area (Å²) in [5.74, 6) is 0.575. The largest absolute Gasteiger partial charge is 0.367 e. The highest BCUT2D eigenvalue weighted by Gasteiger charge is 2.22. The molecular formula is C30H34ClFN8O. The molecule has 3 heterocycles. The van der Waals surface area contributed by atoms with Gasteiger partial charge in [-0.1, -0.05) is 29.8 Å². The number of aromatic nitrogens is 3. The third-order valence-electron chi connectivity index (χ3n) is 7.63. The van der Waals surface area contributed by atoms with Crippen LogP contribution in [0.2, 0.25) is 5.02 Å². The molecular weight excluding hydrogens is 543 g/mol. The van der Waals surface area contributed by atoms with Crippen LogP contribution in [0.1, 0.15) is 31.2 Å².